The number of aromatic nitrogens is 3. The molecule has 186 valence electrons. The lowest BCUT2D eigenvalue weighted by atomic mass is 10.0. The number of benzene rings is 2. The van der Waals surface area contributed by atoms with E-state index < -0.39 is 10.0 Å². The number of hydrogen-bond acceptors (Lipinski definition) is 7. The fraction of sp³-hybridized carbons (Fsp3) is 0.259. The van der Waals surface area contributed by atoms with E-state index in [9.17, 15) is 18.9 Å². The fourth-order valence-electron chi connectivity index (χ4n) is 4.52. The Hall–Kier alpha value is -4.41. The summed E-state index contributed by atoms with van der Waals surface area (Å²) < 4.78 is 35.2. The van der Waals surface area contributed by atoms with Crippen LogP contribution in [0.3, 0.4) is 0 Å². The second kappa shape index (κ2) is 9.57. The van der Waals surface area contributed by atoms with Crippen LogP contribution in [0.15, 0.2) is 48.8 Å². The van der Waals surface area contributed by atoms with E-state index in [1.807, 2.05) is 38.1 Å². The second-order valence-corrected chi connectivity index (χ2v) is 10.8. The van der Waals surface area contributed by atoms with Crippen LogP contribution in [0.25, 0.3) is 22.2 Å². The average molecular weight is 513 g/mol. The number of aryl methyl sites for hydroxylation is 1. The molecule has 2 heterocycles. The van der Waals surface area contributed by atoms with Crippen molar-refractivity contribution in [3.05, 3.63) is 65.6 Å². The van der Waals surface area contributed by atoms with Gasteiger partial charge in [-0.1, -0.05) is 13.0 Å². The first kappa shape index (κ1) is 24.3. The number of anilines is 1. The molecular formula is C27H24N6O3S. The standard InChI is InChI=1S/C27H24N6O3S/c1-3-12-37(34,35)32-18-4-8-21(17(2)13-18)26-23(15-28)22-9-7-20(14-25(22)33(26)19-5-6-19)36-27-24(16-29)30-10-11-31-27/h4,7-11,13-14,19,32H,3,5-6,12H2,1-2H3. The highest BCUT2D eigenvalue weighted by molar-refractivity contribution is 7.92. The molecule has 0 radical (unpaired) electrons. The third-order valence-electron chi connectivity index (χ3n) is 6.21. The van der Waals surface area contributed by atoms with E-state index in [0.717, 1.165) is 40.6 Å². The van der Waals surface area contributed by atoms with E-state index in [2.05, 4.69) is 25.3 Å². The molecule has 10 heteroatoms. The topological polar surface area (TPSA) is 134 Å². The molecule has 9 nitrogen and oxygen atoms in total. The van der Waals surface area contributed by atoms with Gasteiger partial charge in [0.25, 0.3) is 5.88 Å². The van der Waals surface area contributed by atoms with Crippen LogP contribution in [0.5, 0.6) is 11.6 Å². The van der Waals surface area contributed by atoms with Gasteiger partial charge in [0.05, 0.1) is 22.5 Å². The highest BCUT2D eigenvalue weighted by atomic mass is 32.2. The summed E-state index contributed by atoms with van der Waals surface area (Å²) in [5.41, 5.74) is 4.50. The van der Waals surface area contributed by atoms with Crippen LogP contribution in [-0.4, -0.2) is 28.7 Å². The Bertz CT molecular complexity index is 1710. The molecule has 1 aliphatic carbocycles. The Kier molecular flexibility index (Phi) is 6.28. The van der Waals surface area contributed by atoms with E-state index in [1.165, 1.54) is 12.4 Å². The normalized spacial score (nSPS) is 13.2. The van der Waals surface area contributed by atoms with E-state index in [4.69, 9.17) is 4.74 Å². The predicted molar refractivity (Wildman–Crippen MR) is 140 cm³/mol. The molecular weight excluding hydrogens is 488 g/mol. The van der Waals surface area contributed by atoms with Gasteiger partial charge in [0.1, 0.15) is 17.9 Å². The first-order valence-corrected chi connectivity index (χ1v) is 13.6. The minimum Gasteiger partial charge on any atom is -0.436 e. The summed E-state index contributed by atoms with van der Waals surface area (Å²) in [5.74, 6) is 0.654. The SMILES string of the molecule is CCCS(=O)(=O)Nc1ccc(-c2c(C#N)c3ccc(Oc4nccnc4C#N)cc3n2C2CC2)c(C)c1. The maximum atomic E-state index is 12.2. The molecule has 1 aliphatic rings. The molecule has 4 aromatic rings. The molecule has 37 heavy (non-hydrogen) atoms. The molecule has 1 saturated carbocycles. The molecule has 1 N–H and O–H groups in total. The van der Waals surface area contributed by atoms with Gasteiger partial charge in [-0.3, -0.25) is 4.72 Å². The molecule has 0 spiro atoms. The van der Waals surface area contributed by atoms with Gasteiger partial charge in [-0.2, -0.15) is 10.5 Å². The average Bonchev–Trinajstić information content (AvgIpc) is 3.65. The van der Waals surface area contributed by atoms with Crippen molar-refractivity contribution >= 4 is 26.6 Å². The monoisotopic (exact) mass is 512 g/mol. The molecule has 0 aliphatic heterocycles. The van der Waals surface area contributed by atoms with Gasteiger partial charge in [0.15, 0.2) is 0 Å². The quantitative estimate of drug-likeness (QED) is 0.333. The number of nitriles is 2. The summed E-state index contributed by atoms with van der Waals surface area (Å²) in [7, 11) is -3.41. The third-order valence-corrected chi connectivity index (χ3v) is 7.70. The van der Waals surface area contributed by atoms with Gasteiger partial charge in [0, 0.05) is 41.1 Å². The Balaban J connectivity index is 1.61. The van der Waals surface area contributed by atoms with Crippen molar-refractivity contribution in [2.75, 3.05) is 10.5 Å². The van der Waals surface area contributed by atoms with Crippen molar-refractivity contribution in [2.24, 2.45) is 0 Å². The molecule has 0 amide bonds. The number of nitrogens with one attached hydrogen (secondary N) is 1. The van der Waals surface area contributed by atoms with Crippen molar-refractivity contribution in [2.45, 2.75) is 39.2 Å². The zero-order valence-corrected chi connectivity index (χ0v) is 21.2. The first-order chi connectivity index (χ1) is 17.8. The lowest BCUT2D eigenvalue weighted by molar-refractivity contribution is 0.458. The van der Waals surface area contributed by atoms with Crippen LogP contribution in [-0.2, 0) is 10.0 Å². The summed E-state index contributed by atoms with van der Waals surface area (Å²) >= 11 is 0. The Morgan fingerprint density at radius 1 is 1.11 bits per heavy atom. The molecule has 0 atom stereocenters. The number of sulfonamides is 1. The maximum absolute atomic E-state index is 12.2. The van der Waals surface area contributed by atoms with Gasteiger partial charge in [-0.05, 0) is 56.0 Å². The van der Waals surface area contributed by atoms with E-state index >= 15 is 0 Å². The van der Waals surface area contributed by atoms with Crippen LogP contribution in [0.2, 0.25) is 0 Å². The zero-order valence-electron chi connectivity index (χ0n) is 20.4. The van der Waals surface area contributed by atoms with Crippen molar-refractivity contribution in [1.29, 1.82) is 10.5 Å². The third kappa shape index (κ3) is 4.72. The molecule has 0 unspecified atom stereocenters. The summed E-state index contributed by atoms with van der Waals surface area (Å²) in [4.78, 5) is 8.11. The van der Waals surface area contributed by atoms with Crippen molar-refractivity contribution in [3.63, 3.8) is 0 Å². The summed E-state index contributed by atoms with van der Waals surface area (Å²) in [6.07, 6.45) is 5.40. The van der Waals surface area contributed by atoms with E-state index in [0.29, 0.717) is 23.4 Å². The fourth-order valence-corrected chi connectivity index (χ4v) is 5.65. The number of fused-ring (bicyclic) bond motifs is 1. The summed E-state index contributed by atoms with van der Waals surface area (Å²) in [5, 5.41) is 20.3. The van der Waals surface area contributed by atoms with Gasteiger partial charge in [0.2, 0.25) is 15.7 Å². The van der Waals surface area contributed by atoms with Crippen LogP contribution in [0, 0.1) is 29.6 Å². The summed E-state index contributed by atoms with van der Waals surface area (Å²) in [6, 6.07) is 15.4. The van der Waals surface area contributed by atoms with Crippen LogP contribution in [0.1, 0.15) is 49.0 Å². The van der Waals surface area contributed by atoms with Crippen molar-refractivity contribution in [1.82, 2.24) is 14.5 Å². The lowest BCUT2D eigenvalue weighted by Crippen LogP contribution is -2.16. The smallest absolute Gasteiger partial charge is 0.256 e. The van der Waals surface area contributed by atoms with Gasteiger partial charge < -0.3 is 9.30 Å². The van der Waals surface area contributed by atoms with Crippen LogP contribution >= 0.6 is 0 Å². The minimum atomic E-state index is -3.41. The zero-order chi connectivity index (χ0) is 26.2. The Morgan fingerprint density at radius 2 is 1.89 bits per heavy atom. The maximum Gasteiger partial charge on any atom is 0.256 e. The highest BCUT2D eigenvalue weighted by Gasteiger charge is 2.31. The summed E-state index contributed by atoms with van der Waals surface area (Å²) in [6.45, 7) is 3.73. The largest absolute Gasteiger partial charge is 0.436 e. The van der Waals surface area contributed by atoms with Gasteiger partial charge in [-0.15, -0.1) is 0 Å². The highest BCUT2D eigenvalue weighted by Crippen LogP contribution is 2.46. The van der Waals surface area contributed by atoms with Crippen LogP contribution in [0.4, 0.5) is 5.69 Å². The minimum absolute atomic E-state index is 0.0527. The molecule has 0 saturated heterocycles. The van der Waals surface area contributed by atoms with Crippen LogP contribution < -0.4 is 9.46 Å². The lowest BCUT2D eigenvalue weighted by Gasteiger charge is -2.15. The van der Waals surface area contributed by atoms with Crippen molar-refractivity contribution in [3.8, 4) is 35.0 Å². The first-order valence-electron chi connectivity index (χ1n) is 11.9. The number of nitrogens with zero attached hydrogens (tertiary/aromatic N) is 5. The molecule has 5 rings (SSSR count). The molecule has 1 fully saturated rings. The second-order valence-electron chi connectivity index (χ2n) is 8.99. The van der Waals surface area contributed by atoms with E-state index in [1.54, 1.807) is 18.2 Å². The number of rotatable bonds is 8. The predicted octanol–water partition coefficient (Wildman–Crippen LogP) is 5.43. The number of hydrogen-bond donors (Lipinski definition) is 1. The molecule has 2 aromatic carbocycles. The van der Waals surface area contributed by atoms with E-state index in [-0.39, 0.29) is 23.4 Å². The molecule has 0 bridgehead atoms. The Morgan fingerprint density at radius 3 is 2.57 bits per heavy atom. The van der Waals surface area contributed by atoms with Gasteiger partial charge >= 0.3 is 0 Å². The number of ether oxygens (including phenoxy) is 1. The van der Waals surface area contributed by atoms with Gasteiger partial charge in [-0.25, -0.2) is 18.4 Å². The van der Waals surface area contributed by atoms with Crippen molar-refractivity contribution < 1.29 is 13.2 Å². The molecule has 2 aromatic heterocycles. The Labute approximate surface area is 215 Å².